The standard InChI is InChI=1S/C18H23ClN4O3/c1-11-14(12(2)26-23-11)10-22-18(20-3)21-5-4-13-8-15(19)17-16(9-13)24-6-7-25-17/h8-9H,4-7,10H2,1-3H3,(H2,20,21,22). The number of benzene rings is 1. The van der Waals surface area contributed by atoms with Crippen LogP contribution in [0.5, 0.6) is 11.5 Å². The first kappa shape index (κ1) is 18.4. The lowest BCUT2D eigenvalue weighted by molar-refractivity contribution is 0.171. The molecule has 0 aliphatic carbocycles. The van der Waals surface area contributed by atoms with Crippen molar-refractivity contribution >= 4 is 17.6 Å². The molecule has 3 rings (SSSR count). The summed E-state index contributed by atoms with van der Waals surface area (Å²) >= 11 is 6.28. The summed E-state index contributed by atoms with van der Waals surface area (Å²) in [6.07, 6.45) is 0.780. The zero-order chi connectivity index (χ0) is 18.5. The fourth-order valence-electron chi connectivity index (χ4n) is 2.78. The van der Waals surface area contributed by atoms with E-state index in [0.29, 0.717) is 48.8 Å². The molecule has 2 aromatic rings. The lowest BCUT2D eigenvalue weighted by Gasteiger charge is -2.20. The molecular formula is C18H23ClN4O3. The van der Waals surface area contributed by atoms with Crippen molar-refractivity contribution in [1.29, 1.82) is 0 Å². The Morgan fingerprint density at radius 1 is 1.23 bits per heavy atom. The van der Waals surface area contributed by atoms with E-state index in [4.69, 9.17) is 25.6 Å². The van der Waals surface area contributed by atoms with E-state index in [1.165, 1.54) is 0 Å². The van der Waals surface area contributed by atoms with E-state index in [1.807, 2.05) is 26.0 Å². The number of ether oxygens (including phenoxy) is 2. The number of nitrogens with zero attached hydrogens (tertiary/aromatic N) is 2. The number of guanidine groups is 1. The van der Waals surface area contributed by atoms with Gasteiger partial charge in [-0.1, -0.05) is 16.8 Å². The molecule has 1 aromatic heterocycles. The first-order valence-corrected chi connectivity index (χ1v) is 8.90. The molecule has 0 amide bonds. The van der Waals surface area contributed by atoms with E-state index in [0.717, 1.165) is 29.0 Å². The first-order chi connectivity index (χ1) is 12.6. The van der Waals surface area contributed by atoms with Crippen molar-refractivity contribution in [2.45, 2.75) is 26.8 Å². The zero-order valence-electron chi connectivity index (χ0n) is 15.2. The summed E-state index contributed by atoms with van der Waals surface area (Å²) < 4.78 is 16.3. The number of hydrogen-bond acceptors (Lipinski definition) is 5. The first-order valence-electron chi connectivity index (χ1n) is 8.52. The van der Waals surface area contributed by atoms with Gasteiger partial charge < -0.3 is 24.6 Å². The van der Waals surface area contributed by atoms with E-state index in [2.05, 4.69) is 20.8 Å². The van der Waals surface area contributed by atoms with Crippen LogP contribution in [0.4, 0.5) is 0 Å². The number of halogens is 1. The lowest BCUT2D eigenvalue weighted by atomic mass is 10.1. The van der Waals surface area contributed by atoms with Crippen molar-refractivity contribution in [2.75, 3.05) is 26.8 Å². The van der Waals surface area contributed by atoms with Crippen molar-refractivity contribution < 1.29 is 14.0 Å². The summed E-state index contributed by atoms with van der Waals surface area (Å²) in [5, 5.41) is 11.1. The predicted octanol–water partition coefficient (Wildman–Crippen LogP) is 2.62. The van der Waals surface area contributed by atoms with Gasteiger partial charge in [-0.3, -0.25) is 4.99 Å². The second-order valence-electron chi connectivity index (χ2n) is 6.01. The molecule has 0 bridgehead atoms. The third-order valence-corrected chi connectivity index (χ3v) is 4.48. The van der Waals surface area contributed by atoms with Crippen LogP contribution in [-0.4, -0.2) is 37.9 Å². The van der Waals surface area contributed by atoms with E-state index >= 15 is 0 Å². The molecule has 1 aromatic carbocycles. The minimum absolute atomic E-state index is 0.529. The number of fused-ring (bicyclic) bond motifs is 1. The van der Waals surface area contributed by atoms with Gasteiger partial charge in [0.05, 0.1) is 10.7 Å². The number of aromatic nitrogens is 1. The van der Waals surface area contributed by atoms with Gasteiger partial charge in [0, 0.05) is 25.7 Å². The highest BCUT2D eigenvalue weighted by atomic mass is 35.5. The third-order valence-electron chi connectivity index (χ3n) is 4.20. The molecule has 0 radical (unpaired) electrons. The minimum atomic E-state index is 0.529. The van der Waals surface area contributed by atoms with Crippen molar-refractivity contribution in [3.63, 3.8) is 0 Å². The van der Waals surface area contributed by atoms with Gasteiger partial charge in [-0.2, -0.15) is 0 Å². The maximum Gasteiger partial charge on any atom is 0.191 e. The Hall–Kier alpha value is -2.41. The Labute approximate surface area is 157 Å². The molecule has 7 nitrogen and oxygen atoms in total. The lowest BCUT2D eigenvalue weighted by Crippen LogP contribution is -2.38. The summed E-state index contributed by atoms with van der Waals surface area (Å²) in [7, 11) is 1.74. The van der Waals surface area contributed by atoms with E-state index < -0.39 is 0 Å². The molecule has 26 heavy (non-hydrogen) atoms. The topological polar surface area (TPSA) is 80.9 Å². The van der Waals surface area contributed by atoms with Crippen LogP contribution in [0.15, 0.2) is 21.6 Å². The average molecular weight is 379 g/mol. The summed E-state index contributed by atoms with van der Waals surface area (Å²) in [6, 6.07) is 3.89. The van der Waals surface area contributed by atoms with Crippen LogP contribution in [0.1, 0.15) is 22.6 Å². The molecular weight excluding hydrogens is 356 g/mol. The summed E-state index contributed by atoms with van der Waals surface area (Å²) in [4.78, 5) is 4.24. The maximum absolute atomic E-state index is 6.28. The molecule has 0 saturated heterocycles. The van der Waals surface area contributed by atoms with Gasteiger partial charge in [0.1, 0.15) is 19.0 Å². The van der Waals surface area contributed by atoms with Gasteiger partial charge in [-0.05, 0) is 38.0 Å². The number of nitrogens with one attached hydrogen (secondary N) is 2. The molecule has 0 saturated carbocycles. The van der Waals surface area contributed by atoms with E-state index in [1.54, 1.807) is 7.05 Å². The van der Waals surface area contributed by atoms with Crippen LogP contribution in [-0.2, 0) is 13.0 Å². The highest BCUT2D eigenvalue weighted by Gasteiger charge is 2.16. The molecule has 8 heteroatoms. The van der Waals surface area contributed by atoms with Crippen LogP contribution in [0.3, 0.4) is 0 Å². The van der Waals surface area contributed by atoms with Gasteiger partial charge in [-0.15, -0.1) is 0 Å². The molecule has 2 heterocycles. The largest absolute Gasteiger partial charge is 0.486 e. The Bertz CT molecular complexity index is 784. The van der Waals surface area contributed by atoms with E-state index in [-0.39, 0.29) is 0 Å². The Morgan fingerprint density at radius 3 is 2.77 bits per heavy atom. The zero-order valence-corrected chi connectivity index (χ0v) is 15.9. The van der Waals surface area contributed by atoms with Gasteiger partial charge in [0.2, 0.25) is 0 Å². The summed E-state index contributed by atoms with van der Waals surface area (Å²) in [6.45, 7) is 6.21. The average Bonchev–Trinajstić information content (AvgIpc) is 2.96. The maximum atomic E-state index is 6.28. The van der Waals surface area contributed by atoms with Gasteiger partial charge >= 0.3 is 0 Å². The van der Waals surface area contributed by atoms with Crippen molar-refractivity contribution in [3.05, 3.63) is 39.7 Å². The fourth-order valence-corrected chi connectivity index (χ4v) is 3.07. The molecule has 0 atom stereocenters. The SMILES string of the molecule is CN=C(NCCc1cc(Cl)c2c(c1)OCCO2)NCc1c(C)noc1C. The van der Waals surface area contributed by atoms with Crippen LogP contribution in [0.2, 0.25) is 5.02 Å². The van der Waals surface area contributed by atoms with Crippen molar-refractivity contribution in [1.82, 2.24) is 15.8 Å². The molecule has 0 unspecified atom stereocenters. The summed E-state index contributed by atoms with van der Waals surface area (Å²) in [5.74, 6) is 2.87. The fraction of sp³-hybridized carbons (Fsp3) is 0.444. The normalized spacial score (nSPS) is 13.6. The quantitative estimate of drug-likeness (QED) is 0.615. The minimum Gasteiger partial charge on any atom is -0.486 e. The summed E-state index contributed by atoms with van der Waals surface area (Å²) in [5.41, 5.74) is 3.01. The van der Waals surface area contributed by atoms with Crippen LogP contribution >= 0.6 is 11.6 Å². The Morgan fingerprint density at radius 2 is 2.04 bits per heavy atom. The molecule has 140 valence electrons. The molecule has 0 fully saturated rings. The van der Waals surface area contributed by atoms with Gasteiger partial charge in [-0.25, -0.2) is 0 Å². The number of aliphatic imine (C=N–C) groups is 1. The molecule has 1 aliphatic rings. The van der Waals surface area contributed by atoms with Crippen molar-refractivity contribution in [2.24, 2.45) is 4.99 Å². The monoisotopic (exact) mass is 378 g/mol. The number of hydrogen-bond donors (Lipinski definition) is 2. The highest BCUT2D eigenvalue weighted by Crippen LogP contribution is 2.38. The highest BCUT2D eigenvalue weighted by molar-refractivity contribution is 6.32. The Kier molecular flexibility index (Phi) is 5.88. The smallest absolute Gasteiger partial charge is 0.191 e. The third kappa shape index (κ3) is 4.22. The Balaban J connectivity index is 1.52. The molecule has 2 N–H and O–H groups in total. The number of rotatable bonds is 5. The molecule has 1 aliphatic heterocycles. The predicted molar refractivity (Wildman–Crippen MR) is 100 cm³/mol. The van der Waals surface area contributed by atoms with Gasteiger partial charge in [0.25, 0.3) is 0 Å². The van der Waals surface area contributed by atoms with Crippen LogP contribution < -0.4 is 20.1 Å². The van der Waals surface area contributed by atoms with Gasteiger partial charge in [0.15, 0.2) is 17.5 Å². The van der Waals surface area contributed by atoms with Crippen LogP contribution in [0.25, 0.3) is 0 Å². The second-order valence-corrected chi connectivity index (χ2v) is 6.41. The molecule has 0 spiro atoms. The van der Waals surface area contributed by atoms with Crippen LogP contribution in [0, 0.1) is 13.8 Å². The number of aryl methyl sites for hydroxylation is 2. The van der Waals surface area contributed by atoms with E-state index in [9.17, 15) is 0 Å². The van der Waals surface area contributed by atoms with Crippen molar-refractivity contribution in [3.8, 4) is 11.5 Å². The second kappa shape index (κ2) is 8.31.